The van der Waals surface area contributed by atoms with Crippen LogP contribution in [0.3, 0.4) is 0 Å². The van der Waals surface area contributed by atoms with Crippen LogP contribution in [0.4, 0.5) is 5.82 Å². The van der Waals surface area contributed by atoms with Crippen molar-refractivity contribution in [3.8, 4) is 23.3 Å². The van der Waals surface area contributed by atoms with Crippen LogP contribution in [0, 0.1) is 11.3 Å². The highest BCUT2D eigenvalue weighted by Gasteiger charge is 2.32. The molecule has 2 aliphatic heterocycles. The van der Waals surface area contributed by atoms with Crippen LogP contribution in [0.5, 0.6) is 11.5 Å². The first kappa shape index (κ1) is 29.1. The lowest BCUT2D eigenvalue weighted by Gasteiger charge is -2.35. The van der Waals surface area contributed by atoms with Gasteiger partial charge in [0.2, 0.25) is 0 Å². The minimum atomic E-state index is -0.547. The molecule has 0 aliphatic carbocycles. The zero-order valence-corrected chi connectivity index (χ0v) is 24.6. The van der Waals surface area contributed by atoms with Crippen LogP contribution < -0.4 is 21.5 Å². The highest BCUT2D eigenvalue weighted by Crippen LogP contribution is 2.29. The van der Waals surface area contributed by atoms with Gasteiger partial charge in [-0.25, -0.2) is 14.8 Å². The van der Waals surface area contributed by atoms with Crippen molar-refractivity contribution in [2.75, 3.05) is 32.0 Å². The quantitative estimate of drug-likeness (QED) is 0.231. The standard InChI is InChI=1S/C32H34N8O4/c1-32(2,37-22-18-43-19-22)16-21(17-33)30(41)38-14-12-24(13-15-38)40-29-27(28(34)35-20-36-29)39(31(40)42)23-8-10-26(11-9-23)44-25-6-4-3-5-7-25/h3-11,16,20,22,24,37H,12-15,18-19H2,1-2H3,(H2,34,35,36). The molecule has 0 bridgehead atoms. The molecule has 12 heteroatoms. The summed E-state index contributed by atoms with van der Waals surface area (Å²) in [5.74, 6) is 1.21. The van der Waals surface area contributed by atoms with Gasteiger partial charge in [0.05, 0.1) is 24.9 Å². The topological polar surface area (TPSA) is 153 Å². The SMILES string of the molecule is CC(C)(C=C(C#N)C(=O)N1CCC(n2c(=O)n(-c3ccc(Oc4ccccc4)cc3)c3c(N)ncnc32)CC1)NC1COC1. The molecule has 0 saturated carbocycles. The van der Waals surface area contributed by atoms with E-state index >= 15 is 0 Å². The van der Waals surface area contributed by atoms with E-state index < -0.39 is 5.54 Å². The number of benzene rings is 2. The summed E-state index contributed by atoms with van der Waals surface area (Å²) in [6.07, 6.45) is 4.06. The Bertz CT molecular complexity index is 1790. The maximum Gasteiger partial charge on any atom is 0.335 e. The van der Waals surface area contributed by atoms with Gasteiger partial charge in [0, 0.05) is 24.7 Å². The van der Waals surface area contributed by atoms with Crippen LogP contribution in [-0.2, 0) is 9.53 Å². The average Bonchev–Trinajstić information content (AvgIpc) is 3.31. The van der Waals surface area contributed by atoms with Gasteiger partial charge >= 0.3 is 5.69 Å². The number of rotatable bonds is 8. The number of nitrogens with zero attached hydrogens (tertiary/aromatic N) is 6. The Balaban J connectivity index is 1.22. The first-order chi connectivity index (χ1) is 21.2. The summed E-state index contributed by atoms with van der Waals surface area (Å²) in [4.78, 5) is 37.6. The number of anilines is 1. The molecule has 12 nitrogen and oxygen atoms in total. The van der Waals surface area contributed by atoms with Gasteiger partial charge in [-0.15, -0.1) is 0 Å². The highest BCUT2D eigenvalue weighted by molar-refractivity contribution is 5.97. The number of piperidine rings is 1. The lowest BCUT2D eigenvalue weighted by molar-refractivity contribution is -0.128. The van der Waals surface area contributed by atoms with E-state index in [1.54, 1.807) is 39.8 Å². The van der Waals surface area contributed by atoms with E-state index in [2.05, 4.69) is 21.4 Å². The second-order valence-electron chi connectivity index (χ2n) is 11.6. The number of imidazole rings is 1. The van der Waals surface area contributed by atoms with E-state index in [1.807, 2.05) is 44.2 Å². The molecule has 1 amide bonds. The molecule has 3 N–H and O–H groups in total. The van der Waals surface area contributed by atoms with Gasteiger partial charge in [-0.1, -0.05) is 18.2 Å². The van der Waals surface area contributed by atoms with E-state index in [0.717, 1.165) is 0 Å². The number of carbonyl (C=O) groups is 1. The van der Waals surface area contributed by atoms with Crippen LogP contribution in [0.15, 0.2) is 77.4 Å². The molecule has 0 radical (unpaired) electrons. The van der Waals surface area contributed by atoms with Crippen LogP contribution in [-0.4, -0.2) is 67.8 Å². The number of amides is 1. The number of likely N-dealkylation sites (tertiary alicyclic amines) is 1. The zero-order valence-electron chi connectivity index (χ0n) is 24.6. The summed E-state index contributed by atoms with van der Waals surface area (Å²) in [5, 5.41) is 13.2. The van der Waals surface area contributed by atoms with Gasteiger partial charge in [0.15, 0.2) is 11.5 Å². The maximum atomic E-state index is 14.0. The van der Waals surface area contributed by atoms with Crippen molar-refractivity contribution in [1.82, 2.24) is 29.3 Å². The number of nitriles is 1. The summed E-state index contributed by atoms with van der Waals surface area (Å²) in [6.45, 7) is 5.86. The molecule has 0 unspecified atom stereocenters. The van der Waals surface area contributed by atoms with Crippen LogP contribution >= 0.6 is 0 Å². The van der Waals surface area contributed by atoms with Gasteiger partial charge in [0.25, 0.3) is 5.91 Å². The number of ether oxygens (including phenoxy) is 2. The summed E-state index contributed by atoms with van der Waals surface area (Å²) < 4.78 is 14.3. The predicted molar refractivity (Wildman–Crippen MR) is 164 cm³/mol. The Morgan fingerprint density at radius 3 is 2.41 bits per heavy atom. The molecule has 2 saturated heterocycles. The van der Waals surface area contributed by atoms with Crippen molar-refractivity contribution < 1.29 is 14.3 Å². The molecule has 6 rings (SSSR count). The Morgan fingerprint density at radius 2 is 1.77 bits per heavy atom. The van der Waals surface area contributed by atoms with Crippen molar-refractivity contribution >= 4 is 22.9 Å². The summed E-state index contributed by atoms with van der Waals surface area (Å²) in [6, 6.07) is 18.7. The van der Waals surface area contributed by atoms with E-state index in [1.165, 1.54) is 10.9 Å². The molecule has 2 aromatic carbocycles. The van der Waals surface area contributed by atoms with Crippen LogP contribution in [0.25, 0.3) is 16.9 Å². The van der Waals surface area contributed by atoms with E-state index in [-0.39, 0.29) is 35.1 Å². The number of carbonyl (C=O) groups excluding carboxylic acids is 1. The fraction of sp³-hybridized carbons (Fsp3) is 0.344. The molecular weight excluding hydrogens is 560 g/mol. The van der Waals surface area contributed by atoms with Gasteiger partial charge in [0.1, 0.15) is 35.0 Å². The van der Waals surface area contributed by atoms with Crippen molar-refractivity contribution in [2.24, 2.45) is 0 Å². The first-order valence-corrected chi connectivity index (χ1v) is 14.6. The van der Waals surface area contributed by atoms with Gasteiger partial charge in [-0.2, -0.15) is 5.26 Å². The molecule has 0 atom stereocenters. The molecule has 2 aliphatic rings. The lowest BCUT2D eigenvalue weighted by Crippen LogP contribution is -2.54. The van der Waals surface area contributed by atoms with E-state index in [4.69, 9.17) is 15.2 Å². The maximum absolute atomic E-state index is 14.0. The number of hydrogen-bond acceptors (Lipinski definition) is 9. The summed E-state index contributed by atoms with van der Waals surface area (Å²) in [5.41, 5.74) is 7.00. The van der Waals surface area contributed by atoms with Crippen molar-refractivity contribution in [1.29, 1.82) is 5.26 Å². The normalized spacial score (nSPS) is 16.5. The monoisotopic (exact) mass is 594 g/mol. The van der Waals surface area contributed by atoms with Crippen molar-refractivity contribution in [3.63, 3.8) is 0 Å². The number of nitrogens with one attached hydrogen (secondary N) is 1. The molecule has 4 aromatic rings. The smallest absolute Gasteiger partial charge is 0.335 e. The Labute approximate surface area is 254 Å². The highest BCUT2D eigenvalue weighted by atomic mass is 16.5. The number of nitrogens with two attached hydrogens (primary N) is 1. The number of hydrogen-bond donors (Lipinski definition) is 2. The third-order valence-electron chi connectivity index (χ3n) is 7.94. The second kappa shape index (κ2) is 11.9. The van der Waals surface area contributed by atoms with Gasteiger partial charge in [-0.05, 0) is 69.2 Å². The molecular formula is C32H34N8O4. The number of para-hydroxylation sites is 1. The second-order valence-corrected chi connectivity index (χ2v) is 11.6. The third-order valence-corrected chi connectivity index (χ3v) is 7.94. The van der Waals surface area contributed by atoms with Crippen molar-refractivity contribution in [3.05, 3.63) is 83.1 Å². The Kier molecular flexibility index (Phi) is 7.90. The minimum absolute atomic E-state index is 0.0927. The van der Waals surface area contributed by atoms with Gasteiger partial charge in [-0.3, -0.25) is 13.9 Å². The van der Waals surface area contributed by atoms with Crippen LogP contribution in [0.1, 0.15) is 32.7 Å². The molecule has 0 spiro atoms. The van der Waals surface area contributed by atoms with Crippen LogP contribution in [0.2, 0.25) is 0 Å². The fourth-order valence-corrected chi connectivity index (χ4v) is 5.81. The molecule has 2 fully saturated rings. The summed E-state index contributed by atoms with van der Waals surface area (Å²) in [7, 11) is 0. The number of fused-ring (bicyclic) bond motifs is 1. The average molecular weight is 595 g/mol. The van der Waals surface area contributed by atoms with Crippen molar-refractivity contribution in [2.45, 2.75) is 44.3 Å². The number of nitrogen functional groups attached to an aromatic ring is 1. The molecule has 4 heterocycles. The van der Waals surface area contributed by atoms with Gasteiger partial charge < -0.3 is 25.4 Å². The number of aromatic nitrogens is 4. The van der Waals surface area contributed by atoms with E-state index in [0.29, 0.717) is 67.5 Å². The molecule has 2 aromatic heterocycles. The predicted octanol–water partition coefficient (Wildman–Crippen LogP) is 3.34. The fourth-order valence-electron chi connectivity index (χ4n) is 5.81. The minimum Gasteiger partial charge on any atom is -0.457 e. The zero-order chi connectivity index (χ0) is 30.8. The molecule has 44 heavy (non-hydrogen) atoms. The Morgan fingerprint density at radius 1 is 1.09 bits per heavy atom. The third kappa shape index (κ3) is 5.79. The summed E-state index contributed by atoms with van der Waals surface area (Å²) >= 11 is 0. The molecule has 226 valence electrons. The Hall–Kier alpha value is -4.99. The lowest BCUT2D eigenvalue weighted by atomic mass is 9.98. The van der Waals surface area contributed by atoms with E-state index in [9.17, 15) is 14.9 Å². The first-order valence-electron chi connectivity index (χ1n) is 14.6. The largest absolute Gasteiger partial charge is 0.457 e.